The standard InChI is InChI=1S/C8H18N2O2S/c1-8(2,3)13(11,12)10-7-4-6(9)5-7/h6-7,10H,4-5,9H2,1-3H3. The van der Waals surface area contributed by atoms with Crippen molar-refractivity contribution in [2.24, 2.45) is 5.73 Å². The molecule has 0 aromatic heterocycles. The zero-order chi connectivity index (χ0) is 10.3. The van der Waals surface area contributed by atoms with Crippen LogP contribution in [0.5, 0.6) is 0 Å². The first-order chi connectivity index (χ1) is 5.72. The van der Waals surface area contributed by atoms with Gasteiger partial charge in [-0.05, 0) is 33.6 Å². The van der Waals surface area contributed by atoms with Crippen LogP contribution in [0.3, 0.4) is 0 Å². The highest BCUT2D eigenvalue weighted by atomic mass is 32.2. The van der Waals surface area contributed by atoms with Crippen LogP contribution >= 0.6 is 0 Å². The van der Waals surface area contributed by atoms with Crippen molar-refractivity contribution in [3.05, 3.63) is 0 Å². The number of rotatable bonds is 2. The Balaban J connectivity index is 2.54. The van der Waals surface area contributed by atoms with E-state index in [0.717, 1.165) is 12.8 Å². The Morgan fingerprint density at radius 2 is 1.77 bits per heavy atom. The summed E-state index contributed by atoms with van der Waals surface area (Å²) < 4.78 is 25.1. The van der Waals surface area contributed by atoms with Crippen molar-refractivity contribution in [2.45, 2.75) is 50.4 Å². The second kappa shape index (κ2) is 3.22. The van der Waals surface area contributed by atoms with Crippen LogP contribution in [0.1, 0.15) is 33.6 Å². The van der Waals surface area contributed by atoms with Gasteiger partial charge in [0.1, 0.15) is 0 Å². The zero-order valence-corrected chi connectivity index (χ0v) is 9.19. The highest BCUT2D eigenvalue weighted by Crippen LogP contribution is 2.22. The van der Waals surface area contributed by atoms with Crippen LogP contribution in [-0.4, -0.2) is 25.2 Å². The van der Waals surface area contributed by atoms with Gasteiger partial charge in [-0.2, -0.15) is 0 Å². The summed E-state index contributed by atoms with van der Waals surface area (Å²) in [5.41, 5.74) is 5.56. The molecule has 3 N–H and O–H groups in total. The molecule has 1 fully saturated rings. The van der Waals surface area contributed by atoms with E-state index in [4.69, 9.17) is 5.73 Å². The summed E-state index contributed by atoms with van der Waals surface area (Å²) in [6, 6.07) is 0.229. The van der Waals surface area contributed by atoms with Crippen LogP contribution in [0, 0.1) is 0 Å². The monoisotopic (exact) mass is 206 g/mol. The fraction of sp³-hybridized carbons (Fsp3) is 1.00. The third-order valence-corrected chi connectivity index (χ3v) is 4.56. The lowest BCUT2D eigenvalue weighted by Crippen LogP contribution is -2.53. The first-order valence-electron chi connectivity index (χ1n) is 4.50. The molecular weight excluding hydrogens is 188 g/mol. The summed E-state index contributed by atoms with van der Waals surface area (Å²) in [7, 11) is -3.19. The van der Waals surface area contributed by atoms with E-state index in [1.807, 2.05) is 0 Å². The van der Waals surface area contributed by atoms with E-state index in [1.54, 1.807) is 20.8 Å². The Hall–Kier alpha value is -0.130. The lowest BCUT2D eigenvalue weighted by atomic mass is 9.89. The lowest BCUT2D eigenvalue weighted by Gasteiger charge is -2.34. The van der Waals surface area contributed by atoms with Crippen LogP contribution in [0.4, 0.5) is 0 Å². The summed E-state index contributed by atoms with van der Waals surface area (Å²) in [4.78, 5) is 0. The second-order valence-corrected chi connectivity index (χ2v) is 7.13. The zero-order valence-electron chi connectivity index (χ0n) is 8.37. The van der Waals surface area contributed by atoms with Crippen LogP contribution in [0.15, 0.2) is 0 Å². The van der Waals surface area contributed by atoms with Crippen LogP contribution in [-0.2, 0) is 10.0 Å². The average Bonchev–Trinajstić information content (AvgIpc) is 1.80. The Kier molecular flexibility index (Phi) is 2.71. The van der Waals surface area contributed by atoms with Gasteiger partial charge in [0, 0.05) is 12.1 Å². The predicted molar refractivity (Wildman–Crippen MR) is 52.8 cm³/mol. The molecule has 0 aliphatic heterocycles. The van der Waals surface area contributed by atoms with Gasteiger partial charge in [0.2, 0.25) is 10.0 Å². The average molecular weight is 206 g/mol. The predicted octanol–water partition coefficient (Wildman–Crippen LogP) is 0.194. The summed E-state index contributed by atoms with van der Waals surface area (Å²) in [6.45, 7) is 5.07. The lowest BCUT2D eigenvalue weighted by molar-refractivity contribution is 0.324. The Morgan fingerprint density at radius 3 is 2.08 bits per heavy atom. The summed E-state index contributed by atoms with van der Waals surface area (Å²) in [6.07, 6.45) is 1.52. The minimum absolute atomic E-state index is 0.0548. The maximum atomic E-state index is 11.6. The van der Waals surface area contributed by atoms with Crippen molar-refractivity contribution < 1.29 is 8.42 Å². The van der Waals surface area contributed by atoms with Crippen molar-refractivity contribution in [1.82, 2.24) is 4.72 Å². The summed E-state index contributed by atoms with van der Waals surface area (Å²) in [5, 5.41) is 0. The number of hydrogen-bond donors (Lipinski definition) is 2. The van der Waals surface area contributed by atoms with Crippen LogP contribution in [0.2, 0.25) is 0 Å². The molecule has 5 heteroatoms. The van der Waals surface area contributed by atoms with Crippen molar-refractivity contribution in [1.29, 1.82) is 0 Å². The number of hydrogen-bond acceptors (Lipinski definition) is 3. The van der Waals surface area contributed by atoms with Gasteiger partial charge in [0.15, 0.2) is 0 Å². The Morgan fingerprint density at radius 1 is 1.31 bits per heavy atom. The van der Waals surface area contributed by atoms with E-state index in [-0.39, 0.29) is 12.1 Å². The van der Waals surface area contributed by atoms with Crippen LogP contribution in [0.25, 0.3) is 0 Å². The quantitative estimate of drug-likeness (QED) is 0.677. The molecule has 1 rings (SSSR count). The molecule has 0 unspecified atom stereocenters. The van der Waals surface area contributed by atoms with Gasteiger partial charge in [-0.25, -0.2) is 13.1 Å². The highest BCUT2D eigenvalue weighted by molar-refractivity contribution is 7.90. The van der Waals surface area contributed by atoms with Crippen LogP contribution < -0.4 is 10.5 Å². The van der Waals surface area contributed by atoms with E-state index < -0.39 is 14.8 Å². The third-order valence-electron chi connectivity index (χ3n) is 2.30. The first-order valence-corrected chi connectivity index (χ1v) is 5.98. The Labute approximate surface area is 79.9 Å². The molecule has 0 aromatic rings. The number of sulfonamides is 1. The molecule has 0 atom stereocenters. The van der Waals surface area contributed by atoms with Crippen molar-refractivity contribution in [2.75, 3.05) is 0 Å². The van der Waals surface area contributed by atoms with Gasteiger partial charge in [-0.1, -0.05) is 0 Å². The van der Waals surface area contributed by atoms with Crippen molar-refractivity contribution in [3.63, 3.8) is 0 Å². The van der Waals surface area contributed by atoms with E-state index in [9.17, 15) is 8.42 Å². The molecule has 0 heterocycles. The molecule has 0 amide bonds. The van der Waals surface area contributed by atoms with E-state index in [1.165, 1.54) is 0 Å². The van der Waals surface area contributed by atoms with Crippen molar-refractivity contribution >= 4 is 10.0 Å². The molecule has 4 nitrogen and oxygen atoms in total. The van der Waals surface area contributed by atoms with E-state index in [2.05, 4.69) is 4.72 Å². The minimum Gasteiger partial charge on any atom is -0.328 e. The van der Waals surface area contributed by atoms with E-state index in [0.29, 0.717) is 0 Å². The summed E-state index contributed by atoms with van der Waals surface area (Å²) >= 11 is 0. The molecular formula is C8H18N2O2S. The molecule has 0 bridgehead atoms. The molecule has 0 spiro atoms. The summed E-state index contributed by atoms with van der Waals surface area (Å²) in [5.74, 6) is 0. The largest absolute Gasteiger partial charge is 0.328 e. The van der Waals surface area contributed by atoms with Gasteiger partial charge in [0.25, 0.3) is 0 Å². The van der Waals surface area contributed by atoms with Gasteiger partial charge >= 0.3 is 0 Å². The number of nitrogens with one attached hydrogen (secondary N) is 1. The molecule has 0 radical (unpaired) electrons. The Bertz CT molecular complexity index is 273. The molecule has 0 saturated heterocycles. The second-order valence-electron chi connectivity index (χ2n) is 4.66. The minimum atomic E-state index is -3.19. The smallest absolute Gasteiger partial charge is 0.216 e. The van der Waals surface area contributed by atoms with Gasteiger partial charge in [-0.15, -0.1) is 0 Å². The van der Waals surface area contributed by atoms with Crippen molar-refractivity contribution in [3.8, 4) is 0 Å². The maximum Gasteiger partial charge on any atom is 0.216 e. The third kappa shape index (κ3) is 2.42. The molecule has 0 aromatic carbocycles. The molecule has 1 saturated carbocycles. The van der Waals surface area contributed by atoms with Gasteiger partial charge < -0.3 is 5.73 Å². The molecule has 1 aliphatic carbocycles. The first kappa shape index (κ1) is 10.9. The van der Waals surface area contributed by atoms with Gasteiger partial charge in [0.05, 0.1) is 4.75 Å². The fourth-order valence-electron chi connectivity index (χ4n) is 1.15. The molecule has 1 aliphatic rings. The number of nitrogens with two attached hydrogens (primary N) is 1. The SMILES string of the molecule is CC(C)(C)S(=O)(=O)NC1CC(N)C1. The normalized spacial score (nSPS) is 29.8. The fourth-order valence-corrected chi connectivity index (χ4v) is 2.14. The molecule has 78 valence electrons. The maximum absolute atomic E-state index is 11.6. The van der Waals surface area contributed by atoms with E-state index >= 15 is 0 Å². The highest BCUT2D eigenvalue weighted by Gasteiger charge is 2.35. The molecule has 13 heavy (non-hydrogen) atoms. The van der Waals surface area contributed by atoms with Gasteiger partial charge in [-0.3, -0.25) is 0 Å². The topological polar surface area (TPSA) is 72.2 Å².